The van der Waals surface area contributed by atoms with Crippen molar-refractivity contribution in [3.63, 3.8) is 0 Å². The van der Waals surface area contributed by atoms with Crippen LogP contribution in [-0.2, 0) is 6.54 Å². The Hall–Kier alpha value is -1.09. The molecule has 2 saturated heterocycles. The van der Waals surface area contributed by atoms with Gasteiger partial charge < -0.3 is 15.5 Å². The molecule has 2 fully saturated rings. The van der Waals surface area contributed by atoms with Crippen LogP contribution < -0.4 is 15.5 Å². The SMILES string of the molecule is CCN1CCCC1CNC(=NC)NCc1ccc(N2CCCC2)nc1.I. The Labute approximate surface area is 174 Å². The molecule has 1 aromatic rings. The molecule has 2 aliphatic heterocycles. The smallest absolute Gasteiger partial charge is 0.191 e. The third-order valence-corrected chi connectivity index (χ3v) is 5.33. The van der Waals surface area contributed by atoms with Crippen molar-refractivity contribution in [2.45, 2.75) is 45.2 Å². The molecule has 0 saturated carbocycles. The molecule has 0 radical (unpaired) electrons. The fraction of sp³-hybridized carbons (Fsp3) is 0.684. The standard InChI is InChI=1S/C19H32N6.HI/c1-3-24-12-6-7-17(24)15-23-19(20-2)22-14-16-8-9-18(21-13-16)25-10-4-5-11-25;/h8-9,13,17H,3-7,10-12,14-15H2,1-2H3,(H2,20,22,23);1H. The average molecular weight is 472 g/mol. The molecule has 1 unspecified atom stereocenters. The Bertz CT molecular complexity index is 556. The highest BCUT2D eigenvalue weighted by Crippen LogP contribution is 2.17. The zero-order chi connectivity index (χ0) is 17.5. The van der Waals surface area contributed by atoms with E-state index in [9.17, 15) is 0 Å². The minimum absolute atomic E-state index is 0. The van der Waals surface area contributed by atoms with Gasteiger partial charge in [-0.05, 0) is 50.4 Å². The zero-order valence-electron chi connectivity index (χ0n) is 16.1. The molecule has 0 aromatic carbocycles. The van der Waals surface area contributed by atoms with Crippen LogP contribution >= 0.6 is 24.0 Å². The summed E-state index contributed by atoms with van der Waals surface area (Å²) >= 11 is 0. The van der Waals surface area contributed by atoms with E-state index in [1.165, 1.54) is 37.8 Å². The predicted octanol–water partition coefficient (Wildman–Crippen LogP) is 2.45. The van der Waals surface area contributed by atoms with E-state index in [1.54, 1.807) is 0 Å². The Morgan fingerprint density at radius 1 is 1.19 bits per heavy atom. The highest BCUT2D eigenvalue weighted by atomic mass is 127. The number of rotatable bonds is 6. The van der Waals surface area contributed by atoms with Gasteiger partial charge >= 0.3 is 0 Å². The van der Waals surface area contributed by atoms with Gasteiger partial charge in [0.1, 0.15) is 5.82 Å². The molecule has 0 bridgehead atoms. The molecule has 2 aliphatic rings. The van der Waals surface area contributed by atoms with Crippen molar-refractivity contribution in [3.05, 3.63) is 23.9 Å². The van der Waals surface area contributed by atoms with Crippen molar-refractivity contribution >= 4 is 35.8 Å². The van der Waals surface area contributed by atoms with Gasteiger partial charge in [-0.25, -0.2) is 4.98 Å². The quantitative estimate of drug-likeness (QED) is 0.379. The summed E-state index contributed by atoms with van der Waals surface area (Å²) in [6, 6.07) is 4.93. The molecule has 3 heterocycles. The van der Waals surface area contributed by atoms with Crippen LogP contribution in [0.1, 0.15) is 38.2 Å². The van der Waals surface area contributed by atoms with Crippen LogP contribution in [0.15, 0.2) is 23.3 Å². The molecule has 1 aromatic heterocycles. The molecular weight excluding hydrogens is 439 g/mol. The van der Waals surface area contributed by atoms with Crippen molar-refractivity contribution in [2.75, 3.05) is 44.7 Å². The Morgan fingerprint density at radius 3 is 2.65 bits per heavy atom. The number of nitrogens with one attached hydrogen (secondary N) is 2. The van der Waals surface area contributed by atoms with E-state index < -0.39 is 0 Å². The summed E-state index contributed by atoms with van der Waals surface area (Å²) in [5.74, 6) is 1.97. The molecule has 0 aliphatic carbocycles. The van der Waals surface area contributed by atoms with Gasteiger partial charge in [0.25, 0.3) is 0 Å². The number of hydrogen-bond donors (Lipinski definition) is 2. The summed E-state index contributed by atoms with van der Waals surface area (Å²) in [5.41, 5.74) is 1.18. The second-order valence-corrected chi connectivity index (χ2v) is 6.95. The molecule has 0 amide bonds. The van der Waals surface area contributed by atoms with Gasteiger partial charge in [-0.1, -0.05) is 13.0 Å². The number of likely N-dealkylation sites (N-methyl/N-ethyl adjacent to an activating group) is 1. The first kappa shape index (κ1) is 21.2. The second-order valence-electron chi connectivity index (χ2n) is 6.95. The Kier molecular flexibility index (Phi) is 8.90. The van der Waals surface area contributed by atoms with E-state index in [1.807, 2.05) is 13.2 Å². The molecule has 0 spiro atoms. The fourth-order valence-electron chi connectivity index (χ4n) is 3.82. The monoisotopic (exact) mass is 472 g/mol. The van der Waals surface area contributed by atoms with Gasteiger partial charge in [0.2, 0.25) is 0 Å². The average Bonchev–Trinajstić information content (AvgIpc) is 3.34. The summed E-state index contributed by atoms with van der Waals surface area (Å²) in [6.07, 6.45) is 7.12. The topological polar surface area (TPSA) is 55.8 Å². The lowest BCUT2D eigenvalue weighted by molar-refractivity contribution is 0.267. The number of pyridine rings is 1. The Morgan fingerprint density at radius 2 is 2.00 bits per heavy atom. The van der Waals surface area contributed by atoms with E-state index in [-0.39, 0.29) is 24.0 Å². The third kappa shape index (κ3) is 5.70. The minimum atomic E-state index is 0. The van der Waals surface area contributed by atoms with E-state index in [0.717, 1.165) is 44.5 Å². The van der Waals surface area contributed by atoms with Gasteiger partial charge in [0.15, 0.2) is 5.96 Å². The van der Waals surface area contributed by atoms with Crippen LogP contribution in [0.3, 0.4) is 0 Å². The lowest BCUT2D eigenvalue weighted by Gasteiger charge is -2.24. The van der Waals surface area contributed by atoms with Crippen LogP contribution in [0.2, 0.25) is 0 Å². The van der Waals surface area contributed by atoms with Gasteiger partial charge in [-0.3, -0.25) is 9.89 Å². The molecule has 2 N–H and O–H groups in total. The maximum Gasteiger partial charge on any atom is 0.191 e. The summed E-state index contributed by atoms with van der Waals surface area (Å²) < 4.78 is 0. The number of hydrogen-bond acceptors (Lipinski definition) is 4. The van der Waals surface area contributed by atoms with Gasteiger partial charge in [-0.2, -0.15) is 0 Å². The summed E-state index contributed by atoms with van der Waals surface area (Å²) in [6.45, 7) is 8.57. The minimum Gasteiger partial charge on any atom is -0.357 e. The first-order valence-electron chi connectivity index (χ1n) is 9.68. The van der Waals surface area contributed by atoms with Crippen molar-refractivity contribution in [3.8, 4) is 0 Å². The number of likely N-dealkylation sites (tertiary alicyclic amines) is 1. The molecule has 26 heavy (non-hydrogen) atoms. The molecule has 3 rings (SSSR count). The molecule has 1 atom stereocenters. The van der Waals surface area contributed by atoms with Gasteiger partial charge in [0, 0.05) is 45.5 Å². The van der Waals surface area contributed by atoms with Crippen LogP contribution in [-0.4, -0.2) is 61.7 Å². The van der Waals surface area contributed by atoms with E-state index in [0.29, 0.717) is 6.04 Å². The Balaban J connectivity index is 0.00000243. The first-order valence-corrected chi connectivity index (χ1v) is 9.68. The first-order chi connectivity index (χ1) is 12.3. The predicted molar refractivity (Wildman–Crippen MR) is 120 cm³/mol. The lowest BCUT2D eigenvalue weighted by atomic mass is 10.2. The number of aliphatic imine (C=N–C) groups is 1. The molecule has 146 valence electrons. The van der Waals surface area contributed by atoms with Crippen LogP contribution in [0, 0.1) is 0 Å². The summed E-state index contributed by atoms with van der Waals surface area (Å²) in [4.78, 5) is 13.9. The van der Waals surface area contributed by atoms with E-state index >= 15 is 0 Å². The summed E-state index contributed by atoms with van der Waals surface area (Å²) in [7, 11) is 1.83. The molecule has 6 nitrogen and oxygen atoms in total. The van der Waals surface area contributed by atoms with E-state index in [2.05, 4.69) is 49.5 Å². The highest BCUT2D eigenvalue weighted by Gasteiger charge is 2.22. The van der Waals surface area contributed by atoms with Crippen molar-refractivity contribution < 1.29 is 0 Å². The number of anilines is 1. The van der Waals surface area contributed by atoms with Gasteiger partial charge in [0.05, 0.1) is 0 Å². The molecular formula is C19H33IN6. The molecule has 7 heteroatoms. The zero-order valence-corrected chi connectivity index (χ0v) is 18.4. The fourth-order valence-corrected chi connectivity index (χ4v) is 3.82. The van der Waals surface area contributed by atoms with Crippen molar-refractivity contribution in [1.29, 1.82) is 0 Å². The van der Waals surface area contributed by atoms with E-state index in [4.69, 9.17) is 0 Å². The highest BCUT2D eigenvalue weighted by molar-refractivity contribution is 14.0. The maximum absolute atomic E-state index is 4.61. The number of halogens is 1. The number of aromatic nitrogens is 1. The lowest BCUT2D eigenvalue weighted by Crippen LogP contribution is -2.44. The van der Waals surface area contributed by atoms with Crippen LogP contribution in [0.5, 0.6) is 0 Å². The largest absolute Gasteiger partial charge is 0.357 e. The second kappa shape index (κ2) is 10.9. The number of guanidine groups is 1. The van der Waals surface area contributed by atoms with Gasteiger partial charge in [-0.15, -0.1) is 24.0 Å². The van der Waals surface area contributed by atoms with Crippen molar-refractivity contribution in [1.82, 2.24) is 20.5 Å². The van der Waals surface area contributed by atoms with Crippen LogP contribution in [0.4, 0.5) is 5.82 Å². The summed E-state index contributed by atoms with van der Waals surface area (Å²) in [5, 5.41) is 6.87. The normalized spacial score (nSPS) is 20.9. The third-order valence-electron chi connectivity index (χ3n) is 5.33. The van der Waals surface area contributed by atoms with Crippen molar-refractivity contribution in [2.24, 2.45) is 4.99 Å². The number of nitrogens with zero attached hydrogens (tertiary/aromatic N) is 4. The maximum atomic E-state index is 4.61. The van der Waals surface area contributed by atoms with Crippen LogP contribution in [0.25, 0.3) is 0 Å².